The van der Waals surface area contributed by atoms with Crippen LogP contribution in [0.1, 0.15) is 49.3 Å². The largest absolute Gasteiger partial charge is 0.388 e. The number of aliphatic hydroxyl groups excluding tert-OH is 1. The lowest BCUT2D eigenvalue weighted by Gasteiger charge is -2.16. The summed E-state index contributed by atoms with van der Waals surface area (Å²) in [7, 11) is 0. The van der Waals surface area contributed by atoms with Gasteiger partial charge in [-0.1, -0.05) is 47.7 Å². The van der Waals surface area contributed by atoms with E-state index in [1.807, 2.05) is 6.07 Å². The second kappa shape index (κ2) is 5.33. The Kier molecular flexibility index (Phi) is 4.04. The van der Waals surface area contributed by atoms with Gasteiger partial charge in [0.05, 0.1) is 6.10 Å². The summed E-state index contributed by atoms with van der Waals surface area (Å²) in [5, 5.41) is 10.2. The molecule has 16 heavy (non-hydrogen) atoms. The van der Waals surface area contributed by atoms with Crippen LogP contribution < -0.4 is 0 Å². The zero-order chi connectivity index (χ0) is 11.5. The van der Waals surface area contributed by atoms with Crippen molar-refractivity contribution >= 4 is 15.9 Å². The van der Waals surface area contributed by atoms with Crippen LogP contribution in [-0.4, -0.2) is 5.11 Å². The molecule has 1 aromatic carbocycles. The summed E-state index contributed by atoms with van der Waals surface area (Å²) in [5.41, 5.74) is 2.26. The Bertz CT molecular complexity index is 336. The van der Waals surface area contributed by atoms with Crippen LogP contribution in [0, 0.1) is 12.8 Å². The molecule has 1 atom stereocenters. The molecule has 0 heterocycles. The fourth-order valence-electron chi connectivity index (χ4n) is 2.65. The molecule has 0 aliphatic heterocycles. The number of aliphatic hydroxyl groups is 1. The van der Waals surface area contributed by atoms with Crippen LogP contribution in [0.4, 0.5) is 0 Å². The highest BCUT2D eigenvalue weighted by Gasteiger charge is 2.19. The van der Waals surface area contributed by atoms with Gasteiger partial charge in [0.1, 0.15) is 0 Å². The monoisotopic (exact) mass is 282 g/mol. The second-order valence-electron chi connectivity index (χ2n) is 4.96. The second-order valence-corrected chi connectivity index (χ2v) is 5.88. The first-order valence-corrected chi connectivity index (χ1v) is 6.89. The molecule has 0 spiro atoms. The molecule has 1 N–H and O–H groups in total. The first-order valence-electron chi connectivity index (χ1n) is 6.10. The van der Waals surface area contributed by atoms with Crippen LogP contribution >= 0.6 is 15.9 Å². The summed E-state index contributed by atoms with van der Waals surface area (Å²) in [5.74, 6) is 0.731. The molecule has 1 fully saturated rings. The van der Waals surface area contributed by atoms with E-state index in [0.717, 1.165) is 22.4 Å². The van der Waals surface area contributed by atoms with E-state index in [9.17, 15) is 5.11 Å². The maximum atomic E-state index is 10.2. The number of halogens is 1. The molecule has 0 radical (unpaired) electrons. The standard InChI is InChI=1S/C14H19BrO/c1-10-6-12(9-13(15)7-10)14(16)8-11-4-2-3-5-11/h6-7,9,11,14,16H,2-5,8H2,1H3. The molecule has 1 saturated carbocycles. The SMILES string of the molecule is Cc1cc(Br)cc(C(O)CC2CCCC2)c1. The van der Waals surface area contributed by atoms with Gasteiger partial charge in [0.15, 0.2) is 0 Å². The smallest absolute Gasteiger partial charge is 0.0793 e. The molecule has 2 heteroatoms. The number of hydrogen-bond donors (Lipinski definition) is 1. The number of benzene rings is 1. The van der Waals surface area contributed by atoms with Crippen LogP contribution in [0.2, 0.25) is 0 Å². The Hall–Kier alpha value is -0.340. The van der Waals surface area contributed by atoms with E-state index in [1.165, 1.54) is 31.2 Å². The van der Waals surface area contributed by atoms with Crippen LogP contribution in [0.5, 0.6) is 0 Å². The van der Waals surface area contributed by atoms with Gasteiger partial charge in [-0.3, -0.25) is 0 Å². The van der Waals surface area contributed by atoms with Crippen molar-refractivity contribution in [2.24, 2.45) is 5.92 Å². The highest BCUT2D eigenvalue weighted by Crippen LogP contribution is 2.33. The lowest BCUT2D eigenvalue weighted by molar-refractivity contribution is 0.145. The molecular formula is C14H19BrO. The zero-order valence-corrected chi connectivity index (χ0v) is 11.3. The predicted octanol–water partition coefficient (Wildman–Crippen LogP) is 4.37. The quantitative estimate of drug-likeness (QED) is 0.873. The summed E-state index contributed by atoms with van der Waals surface area (Å²) in [4.78, 5) is 0. The number of rotatable bonds is 3. The van der Waals surface area contributed by atoms with Gasteiger partial charge in [0.2, 0.25) is 0 Å². The van der Waals surface area contributed by atoms with Gasteiger partial charge in [-0.25, -0.2) is 0 Å². The molecule has 1 aliphatic rings. The summed E-state index contributed by atoms with van der Waals surface area (Å²) in [6, 6.07) is 6.20. The van der Waals surface area contributed by atoms with Crippen LogP contribution in [0.3, 0.4) is 0 Å². The molecule has 0 aromatic heterocycles. The van der Waals surface area contributed by atoms with Crippen molar-refractivity contribution in [3.05, 3.63) is 33.8 Å². The Morgan fingerprint density at radius 3 is 2.62 bits per heavy atom. The molecule has 1 aliphatic carbocycles. The van der Waals surface area contributed by atoms with E-state index in [1.54, 1.807) is 0 Å². The number of aryl methyl sites for hydroxylation is 1. The summed E-state index contributed by atoms with van der Waals surface area (Å²) in [6.45, 7) is 2.07. The van der Waals surface area contributed by atoms with Gasteiger partial charge in [-0.2, -0.15) is 0 Å². The lowest BCUT2D eigenvalue weighted by Crippen LogP contribution is -2.04. The van der Waals surface area contributed by atoms with Crippen molar-refractivity contribution in [3.63, 3.8) is 0 Å². The minimum Gasteiger partial charge on any atom is -0.388 e. The minimum absolute atomic E-state index is 0.292. The maximum absolute atomic E-state index is 10.2. The fourth-order valence-corrected chi connectivity index (χ4v) is 3.28. The fraction of sp³-hybridized carbons (Fsp3) is 0.571. The third-order valence-corrected chi connectivity index (χ3v) is 3.94. The first kappa shape index (κ1) is 12.1. The molecule has 0 amide bonds. The summed E-state index contributed by atoms with van der Waals surface area (Å²) < 4.78 is 1.06. The number of hydrogen-bond acceptors (Lipinski definition) is 1. The zero-order valence-electron chi connectivity index (χ0n) is 9.75. The predicted molar refractivity (Wildman–Crippen MR) is 70.4 cm³/mol. The lowest BCUT2D eigenvalue weighted by atomic mass is 9.95. The average molecular weight is 283 g/mol. The molecule has 0 saturated heterocycles. The molecule has 2 rings (SSSR count). The molecule has 1 aromatic rings. The van der Waals surface area contributed by atoms with Crippen molar-refractivity contribution in [1.82, 2.24) is 0 Å². The Morgan fingerprint density at radius 1 is 1.31 bits per heavy atom. The first-order chi connectivity index (χ1) is 7.65. The molecule has 88 valence electrons. The van der Waals surface area contributed by atoms with Crippen molar-refractivity contribution < 1.29 is 5.11 Å². The van der Waals surface area contributed by atoms with Crippen LogP contribution in [0.25, 0.3) is 0 Å². The van der Waals surface area contributed by atoms with Crippen molar-refractivity contribution in [2.45, 2.75) is 45.1 Å². The topological polar surface area (TPSA) is 20.2 Å². The minimum atomic E-state index is -0.292. The maximum Gasteiger partial charge on any atom is 0.0793 e. The molecular weight excluding hydrogens is 264 g/mol. The molecule has 0 bridgehead atoms. The highest BCUT2D eigenvalue weighted by molar-refractivity contribution is 9.10. The van der Waals surface area contributed by atoms with Crippen molar-refractivity contribution in [1.29, 1.82) is 0 Å². The Morgan fingerprint density at radius 2 is 2.00 bits per heavy atom. The highest BCUT2D eigenvalue weighted by atomic mass is 79.9. The van der Waals surface area contributed by atoms with E-state index < -0.39 is 0 Å². The average Bonchev–Trinajstić information content (AvgIpc) is 2.68. The van der Waals surface area contributed by atoms with E-state index in [0.29, 0.717) is 0 Å². The van der Waals surface area contributed by atoms with E-state index >= 15 is 0 Å². The van der Waals surface area contributed by atoms with E-state index in [-0.39, 0.29) is 6.10 Å². The van der Waals surface area contributed by atoms with Crippen LogP contribution in [-0.2, 0) is 0 Å². The van der Waals surface area contributed by atoms with Crippen molar-refractivity contribution in [2.75, 3.05) is 0 Å². The Balaban J connectivity index is 2.04. The molecule has 1 nitrogen and oxygen atoms in total. The third kappa shape index (κ3) is 3.08. The van der Waals surface area contributed by atoms with Gasteiger partial charge < -0.3 is 5.11 Å². The van der Waals surface area contributed by atoms with Gasteiger partial charge >= 0.3 is 0 Å². The summed E-state index contributed by atoms with van der Waals surface area (Å²) >= 11 is 3.48. The Labute approximate surface area is 106 Å². The normalized spacial score (nSPS) is 18.9. The van der Waals surface area contributed by atoms with Gasteiger partial charge in [0, 0.05) is 4.47 Å². The van der Waals surface area contributed by atoms with E-state index in [2.05, 4.69) is 35.0 Å². The third-order valence-electron chi connectivity index (χ3n) is 3.48. The van der Waals surface area contributed by atoms with Crippen molar-refractivity contribution in [3.8, 4) is 0 Å². The summed E-state index contributed by atoms with van der Waals surface area (Å²) in [6.07, 6.45) is 5.91. The van der Waals surface area contributed by atoms with Crippen LogP contribution in [0.15, 0.2) is 22.7 Å². The van der Waals surface area contributed by atoms with Gasteiger partial charge in [-0.05, 0) is 42.5 Å². The van der Waals surface area contributed by atoms with E-state index in [4.69, 9.17) is 0 Å². The van der Waals surface area contributed by atoms with Gasteiger partial charge in [-0.15, -0.1) is 0 Å². The van der Waals surface area contributed by atoms with Gasteiger partial charge in [0.25, 0.3) is 0 Å². The molecule has 1 unspecified atom stereocenters.